The van der Waals surface area contributed by atoms with Crippen molar-refractivity contribution in [2.24, 2.45) is 5.92 Å². The average molecular weight is 278 g/mol. The van der Waals surface area contributed by atoms with Crippen LogP contribution in [0.25, 0.3) is 9.40 Å². The van der Waals surface area contributed by atoms with Crippen LogP contribution >= 0.6 is 22.7 Å². The quantitative estimate of drug-likeness (QED) is 0.869. The number of hydrogen-bond donors (Lipinski definition) is 1. The lowest BCUT2D eigenvalue weighted by Crippen LogP contribution is -2.38. The van der Waals surface area contributed by atoms with Crippen molar-refractivity contribution in [1.82, 2.24) is 10.2 Å². The number of carbonyl (C=O) groups is 1. The van der Waals surface area contributed by atoms with Gasteiger partial charge in [0.05, 0.1) is 4.88 Å². The molecule has 4 rings (SSSR count). The van der Waals surface area contributed by atoms with Crippen LogP contribution in [0.5, 0.6) is 0 Å². The third-order valence-corrected chi connectivity index (χ3v) is 6.14. The number of amides is 1. The highest BCUT2D eigenvalue weighted by molar-refractivity contribution is 7.27. The zero-order valence-electron chi connectivity index (χ0n) is 9.89. The standard InChI is InChI=1S/C13H14N2OS2/c16-13(12-5-11-10(18-12)2-4-17-11)15-3-1-8-6-14-7-9(8)15/h2,4-5,8-9,14H,1,3,6-7H2/t8-,9+/m0/s1. The Morgan fingerprint density at radius 2 is 2.33 bits per heavy atom. The largest absolute Gasteiger partial charge is 0.333 e. The molecule has 2 fully saturated rings. The molecule has 1 N–H and O–H groups in total. The van der Waals surface area contributed by atoms with Crippen molar-refractivity contribution in [3.05, 3.63) is 22.4 Å². The highest BCUT2D eigenvalue weighted by Crippen LogP contribution is 2.34. The molecular weight excluding hydrogens is 264 g/mol. The Kier molecular flexibility index (Phi) is 2.46. The van der Waals surface area contributed by atoms with E-state index in [0.29, 0.717) is 12.0 Å². The van der Waals surface area contributed by atoms with E-state index in [1.165, 1.54) is 9.40 Å². The van der Waals surface area contributed by atoms with Crippen LogP contribution in [0, 0.1) is 5.92 Å². The maximum Gasteiger partial charge on any atom is 0.264 e. The third kappa shape index (κ3) is 1.54. The Morgan fingerprint density at radius 3 is 3.22 bits per heavy atom. The first-order valence-corrected chi connectivity index (χ1v) is 8.01. The van der Waals surface area contributed by atoms with Gasteiger partial charge in [-0.25, -0.2) is 0 Å². The van der Waals surface area contributed by atoms with Crippen molar-refractivity contribution in [1.29, 1.82) is 0 Å². The van der Waals surface area contributed by atoms with E-state index in [4.69, 9.17) is 0 Å². The summed E-state index contributed by atoms with van der Waals surface area (Å²) in [5.74, 6) is 0.912. The highest BCUT2D eigenvalue weighted by atomic mass is 32.1. The number of rotatable bonds is 1. The van der Waals surface area contributed by atoms with Gasteiger partial charge in [-0.1, -0.05) is 0 Å². The van der Waals surface area contributed by atoms with E-state index >= 15 is 0 Å². The molecule has 0 radical (unpaired) electrons. The van der Waals surface area contributed by atoms with Gasteiger partial charge in [0.2, 0.25) is 0 Å². The molecule has 2 aliphatic heterocycles. The van der Waals surface area contributed by atoms with Gasteiger partial charge >= 0.3 is 0 Å². The maximum atomic E-state index is 12.6. The predicted octanol–water partition coefficient (Wildman–Crippen LogP) is 2.40. The Balaban J connectivity index is 1.64. The van der Waals surface area contributed by atoms with Gasteiger partial charge in [-0.05, 0) is 29.9 Å². The molecule has 18 heavy (non-hydrogen) atoms. The summed E-state index contributed by atoms with van der Waals surface area (Å²) in [5, 5.41) is 5.48. The molecule has 2 aromatic rings. The number of thiophene rings is 2. The molecule has 0 spiro atoms. The first-order valence-electron chi connectivity index (χ1n) is 6.31. The van der Waals surface area contributed by atoms with Crippen LogP contribution in [0.1, 0.15) is 16.1 Å². The van der Waals surface area contributed by atoms with Crippen LogP contribution < -0.4 is 5.32 Å². The van der Waals surface area contributed by atoms with Gasteiger partial charge in [-0.2, -0.15) is 0 Å². The minimum absolute atomic E-state index is 0.236. The van der Waals surface area contributed by atoms with E-state index in [-0.39, 0.29) is 5.91 Å². The van der Waals surface area contributed by atoms with Crippen molar-refractivity contribution in [3.8, 4) is 0 Å². The topological polar surface area (TPSA) is 32.3 Å². The van der Waals surface area contributed by atoms with Gasteiger partial charge in [-0.3, -0.25) is 4.79 Å². The number of nitrogens with one attached hydrogen (secondary N) is 1. The Bertz CT molecular complexity index is 574. The fourth-order valence-corrected chi connectivity index (χ4v) is 5.18. The summed E-state index contributed by atoms with van der Waals surface area (Å²) in [4.78, 5) is 15.6. The van der Waals surface area contributed by atoms with Gasteiger partial charge in [0.15, 0.2) is 0 Å². The van der Waals surface area contributed by atoms with Crippen molar-refractivity contribution < 1.29 is 4.79 Å². The molecule has 3 nitrogen and oxygen atoms in total. The fourth-order valence-electron chi connectivity index (χ4n) is 3.11. The smallest absolute Gasteiger partial charge is 0.264 e. The van der Waals surface area contributed by atoms with Crippen LogP contribution in [-0.4, -0.2) is 36.5 Å². The van der Waals surface area contributed by atoms with E-state index in [9.17, 15) is 4.79 Å². The van der Waals surface area contributed by atoms with E-state index in [1.807, 2.05) is 0 Å². The molecule has 1 amide bonds. The lowest BCUT2D eigenvalue weighted by molar-refractivity contribution is 0.0742. The van der Waals surface area contributed by atoms with Crippen molar-refractivity contribution in [2.75, 3.05) is 19.6 Å². The molecule has 0 bridgehead atoms. The second-order valence-electron chi connectivity index (χ2n) is 5.03. The van der Waals surface area contributed by atoms with Gasteiger partial charge in [0.1, 0.15) is 0 Å². The molecule has 4 heterocycles. The van der Waals surface area contributed by atoms with Crippen molar-refractivity contribution in [3.63, 3.8) is 0 Å². The first kappa shape index (κ1) is 11.0. The zero-order valence-corrected chi connectivity index (χ0v) is 11.5. The Morgan fingerprint density at radius 1 is 1.39 bits per heavy atom. The second-order valence-corrected chi connectivity index (χ2v) is 7.06. The van der Waals surface area contributed by atoms with Crippen LogP contribution in [0.4, 0.5) is 0 Å². The lowest BCUT2D eigenvalue weighted by atomic mass is 10.1. The minimum Gasteiger partial charge on any atom is -0.333 e. The predicted molar refractivity (Wildman–Crippen MR) is 75.5 cm³/mol. The minimum atomic E-state index is 0.236. The molecule has 5 heteroatoms. The summed E-state index contributed by atoms with van der Waals surface area (Å²) in [6.07, 6.45) is 1.16. The summed E-state index contributed by atoms with van der Waals surface area (Å²) < 4.78 is 2.48. The average Bonchev–Trinajstić information content (AvgIpc) is 3.07. The third-order valence-electron chi connectivity index (χ3n) is 4.06. The van der Waals surface area contributed by atoms with Crippen LogP contribution in [0.15, 0.2) is 17.5 Å². The molecular formula is C13H14N2OS2. The molecule has 94 valence electrons. The number of likely N-dealkylation sites (tertiary alicyclic amines) is 1. The summed E-state index contributed by atoms with van der Waals surface area (Å²) in [6.45, 7) is 2.98. The number of carbonyl (C=O) groups excluding carboxylic acids is 1. The Labute approximate surface area is 113 Å². The molecule has 2 aromatic heterocycles. The maximum absolute atomic E-state index is 12.6. The summed E-state index contributed by atoms with van der Waals surface area (Å²) in [6, 6.07) is 4.59. The fraction of sp³-hybridized carbons (Fsp3) is 0.462. The second kappa shape index (κ2) is 4.05. The van der Waals surface area contributed by atoms with E-state index in [1.54, 1.807) is 22.7 Å². The summed E-state index contributed by atoms with van der Waals surface area (Å²) in [5.41, 5.74) is 0. The number of fused-ring (bicyclic) bond motifs is 2. The van der Waals surface area contributed by atoms with Crippen LogP contribution in [-0.2, 0) is 0 Å². The molecule has 2 aliphatic rings. The highest BCUT2D eigenvalue weighted by Gasteiger charge is 2.40. The van der Waals surface area contributed by atoms with E-state index < -0.39 is 0 Å². The lowest BCUT2D eigenvalue weighted by Gasteiger charge is -2.22. The van der Waals surface area contributed by atoms with Gasteiger partial charge < -0.3 is 10.2 Å². The van der Waals surface area contributed by atoms with E-state index in [0.717, 1.165) is 30.9 Å². The number of hydrogen-bond acceptors (Lipinski definition) is 4. The molecule has 0 aromatic carbocycles. The Hall–Kier alpha value is -0.910. The molecule has 0 unspecified atom stereocenters. The monoisotopic (exact) mass is 278 g/mol. The zero-order chi connectivity index (χ0) is 12.1. The van der Waals surface area contributed by atoms with Crippen molar-refractivity contribution in [2.45, 2.75) is 12.5 Å². The number of nitrogens with zero attached hydrogens (tertiary/aromatic N) is 1. The van der Waals surface area contributed by atoms with Gasteiger partial charge in [0, 0.05) is 35.1 Å². The molecule has 0 aliphatic carbocycles. The summed E-state index contributed by atoms with van der Waals surface area (Å²) in [7, 11) is 0. The SMILES string of the molecule is O=C(c1cc2sccc2s1)N1CC[C@H]2CNC[C@H]21. The summed E-state index contributed by atoms with van der Waals surface area (Å²) >= 11 is 3.35. The van der Waals surface area contributed by atoms with Crippen molar-refractivity contribution >= 4 is 38.0 Å². The molecule has 0 saturated carbocycles. The van der Waals surface area contributed by atoms with Gasteiger partial charge in [0.25, 0.3) is 5.91 Å². The van der Waals surface area contributed by atoms with Crippen LogP contribution in [0.3, 0.4) is 0 Å². The normalized spacial score (nSPS) is 27.0. The van der Waals surface area contributed by atoms with Gasteiger partial charge in [-0.15, -0.1) is 22.7 Å². The molecule has 2 atom stereocenters. The van der Waals surface area contributed by atoms with Crippen LogP contribution in [0.2, 0.25) is 0 Å². The first-order chi connectivity index (χ1) is 8.83. The van der Waals surface area contributed by atoms with E-state index in [2.05, 4.69) is 27.7 Å². The molecule has 2 saturated heterocycles.